The maximum atomic E-state index is 12.5. The first kappa shape index (κ1) is 17.2. The molecule has 0 bridgehead atoms. The van der Waals surface area contributed by atoms with Crippen LogP contribution in [0.15, 0.2) is 24.3 Å². The minimum Gasteiger partial charge on any atom is -0.443 e. The van der Waals surface area contributed by atoms with Crippen LogP contribution in [-0.4, -0.2) is 58.7 Å². The van der Waals surface area contributed by atoms with E-state index in [0.29, 0.717) is 17.9 Å². The minimum absolute atomic E-state index is 0.0274. The van der Waals surface area contributed by atoms with Crippen LogP contribution in [-0.2, 0) is 33.0 Å². The molecule has 3 aliphatic heterocycles. The van der Waals surface area contributed by atoms with Crippen LogP contribution in [0, 0.1) is 0 Å². The van der Waals surface area contributed by atoms with Gasteiger partial charge in [-0.25, -0.2) is 4.79 Å². The van der Waals surface area contributed by atoms with Crippen LogP contribution in [0.1, 0.15) is 0 Å². The predicted molar refractivity (Wildman–Crippen MR) is 85.2 cm³/mol. The second-order valence-corrected chi connectivity index (χ2v) is 6.95. The second kappa shape index (κ2) is 5.89. The summed E-state index contributed by atoms with van der Waals surface area (Å²) < 4.78 is 41.3. The largest absolute Gasteiger partial charge is 0.443 e. The number of hydrogen-bond donors (Lipinski definition) is 1. The Kier molecular flexibility index (Phi) is 3.89. The zero-order chi connectivity index (χ0) is 18.5. The fourth-order valence-corrected chi connectivity index (χ4v) is 3.70. The van der Waals surface area contributed by atoms with Crippen LogP contribution >= 0.6 is 0 Å². The Hall–Kier alpha value is -2.25. The number of ether oxygens (including phenoxy) is 2. The molecule has 3 aliphatic rings. The summed E-state index contributed by atoms with van der Waals surface area (Å²) in [5, 5.41) is 0. The number of nitrogens with two attached hydrogens (primary N) is 1. The smallest absolute Gasteiger partial charge is 0.414 e. The zero-order valence-corrected chi connectivity index (χ0v) is 14.2. The van der Waals surface area contributed by atoms with E-state index >= 15 is 0 Å². The molecule has 1 atom stereocenters. The number of carbonyl (C=O) groups excluding carboxylic acids is 2. The van der Waals surface area contributed by atoms with E-state index in [1.807, 2.05) is 0 Å². The molecule has 12 heteroatoms. The molecule has 2 N–H and O–H groups in total. The van der Waals surface area contributed by atoms with Gasteiger partial charge in [0, 0.05) is 24.5 Å². The Morgan fingerprint density at radius 1 is 1.12 bits per heavy atom. The lowest BCUT2D eigenvalue weighted by atomic mass is 10.2. The number of hydrogen-bond acceptors (Lipinski definition) is 9. The summed E-state index contributed by atoms with van der Waals surface area (Å²) in [7, 11) is -4.20. The number of benzene rings is 1. The van der Waals surface area contributed by atoms with Gasteiger partial charge in [0.15, 0.2) is 0 Å². The number of morpholine rings is 1. The lowest BCUT2D eigenvalue weighted by Gasteiger charge is -2.42. The molecule has 0 unspecified atom stereocenters. The molecule has 3 saturated heterocycles. The first-order valence-electron chi connectivity index (χ1n) is 7.74. The highest BCUT2D eigenvalue weighted by atomic mass is 32.3. The Morgan fingerprint density at radius 3 is 2.27 bits per heavy atom. The standard InChI is InChI=1S/C14H15N3O8S/c15-7-11-8-17(13(19)23-11)10-3-1-9(2-4-10)16-5-6-22-14(12(16)18)24-26(20,21)25-14/h1-4,11H,5-8,15H2/t11-/m0/s1. The first-order chi connectivity index (χ1) is 12.3. The van der Waals surface area contributed by atoms with E-state index in [9.17, 15) is 18.0 Å². The number of carbonyl (C=O) groups is 2. The summed E-state index contributed by atoms with van der Waals surface area (Å²) in [5.41, 5.74) is 6.57. The molecule has 11 nitrogen and oxygen atoms in total. The van der Waals surface area contributed by atoms with Crippen molar-refractivity contribution in [2.45, 2.75) is 12.1 Å². The van der Waals surface area contributed by atoms with Crippen molar-refractivity contribution in [2.75, 3.05) is 36.0 Å². The monoisotopic (exact) mass is 385 g/mol. The summed E-state index contributed by atoms with van der Waals surface area (Å²) >= 11 is 0. The van der Waals surface area contributed by atoms with Crippen molar-refractivity contribution in [3.8, 4) is 0 Å². The molecule has 3 fully saturated rings. The molecule has 140 valence electrons. The van der Waals surface area contributed by atoms with Crippen molar-refractivity contribution in [3.05, 3.63) is 24.3 Å². The maximum absolute atomic E-state index is 12.5. The molecule has 3 heterocycles. The second-order valence-electron chi connectivity index (χ2n) is 5.80. The van der Waals surface area contributed by atoms with Gasteiger partial charge in [0.2, 0.25) is 0 Å². The summed E-state index contributed by atoms with van der Waals surface area (Å²) in [4.78, 5) is 27.1. The number of anilines is 2. The Bertz CT molecular complexity index is 843. The Balaban J connectivity index is 1.52. The van der Waals surface area contributed by atoms with E-state index in [1.54, 1.807) is 24.3 Å². The van der Waals surface area contributed by atoms with E-state index in [2.05, 4.69) is 8.37 Å². The lowest BCUT2D eigenvalue weighted by Crippen LogP contribution is -2.66. The molecule has 2 amide bonds. The van der Waals surface area contributed by atoms with Crippen molar-refractivity contribution in [1.82, 2.24) is 0 Å². The molecular formula is C14H15N3O8S. The van der Waals surface area contributed by atoms with Gasteiger partial charge in [0.25, 0.3) is 0 Å². The summed E-state index contributed by atoms with van der Waals surface area (Å²) in [6.07, 6.45) is -0.853. The third-order valence-corrected chi connectivity index (χ3v) is 4.99. The average molecular weight is 385 g/mol. The van der Waals surface area contributed by atoms with Crippen LogP contribution in [0.4, 0.5) is 16.2 Å². The molecule has 0 aliphatic carbocycles. The predicted octanol–water partition coefficient (Wildman–Crippen LogP) is -0.721. The normalized spacial score (nSPS) is 26.7. The third-order valence-electron chi connectivity index (χ3n) is 4.15. The molecule has 0 saturated carbocycles. The highest BCUT2D eigenvalue weighted by Crippen LogP contribution is 2.37. The van der Waals surface area contributed by atoms with Gasteiger partial charge in [-0.1, -0.05) is 0 Å². The van der Waals surface area contributed by atoms with Gasteiger partial charge in [-0.15, -0.1) is 0 Å². The fraction of sp³-hybridized carbons (Fsp3) is 0.429. The molecule has 4 rings (SSSR count). The van der Waals surface area contributed by atoms with Crippen LogP contribution < -0.4 is 15.5 Å². The fourth-order valence-electron chi connectivity index (χ4n) is 2.91. The minimum atomic E-state index is -4.20. The van der Waals surface area contributed by atoms with E-state index in [-0.39, 0.29) is 25.8 Å². The third kappa shape index (κ3) is 2.71. The molecule has 1 aromatic carbocycles. The van der Waals surface area contributed by atoms with E-state index in [1.165, 1.54) is 9.80 Å². The summed E-state index contributed by atoms with van der Waals surface area (Å²) in [5.74, 6) is -3.03. The Morgan fingerprint density at radius 2 is 1.73 bits per heavy atom. The van der Waals surface area contributed by atoms with Crippen LogP contribution in [0.2, 0.25) is 0 Å². The van der Waals surface area contributed by atoms with Gasteiger partial charge < -0.3 is 20.1 Å². The first-order valence-corrected chi connectivity index (χ1v) is 9.07. The molecule has 1 spiro atoms. The summed E-state index contributed by atoms with van der Waals surface area (Å²) in [6, 6.07) is 6.51. The molecule has 0 aromatic heterocycles. The van der Waals surface area contributed by atoms with E-state index in [4.69, 9.17) is 15.2 Å². The molecular weight excluding hydrogens is 370 g/mol. The van der Waals surface area contributed by atoms with Crippen LogP contribution in [0.3, 0.4) is 0 Å². The number of rotatable bonds is 3. The van der Waals surface area contributed by atoms with Gasteiger partial charge in [0.05, 0.1) is 13.2 Å². The number of nitrogens with zero attached hydrogens (tertiary/aromatic N) is 2. The SMILES string of the molecule is NC[C@H]1CN(c2ccc(N3CCOC4(OS(=O)(=O)O4)C3=O)cc2)C(=O)O1. The van der Waals surface area contributed by atoms with Crippen molar-refractivity contribution in [1.29, 1.82) is 0 Å². The van der Waals surface area contributed by atoms with Gasteiger partial charge in [-0.05, 0) is 24.3 Å². The van der Waals surface area contributed by atoms with Crippen molar-refractivity contribution in [3.63, 3.8) is 0 Å². The highest BCUT2D eigenvalue weighted by Gasteiger charge is 2.63. The van der Waals surface area contributed by atoms with Crippen LogP contribution in [0.5, 0.6) is 0 Å². The molecule has 0 radical (unpaired) electrons. The van der Waals surface area contributed by atoms with E-state index in [0.717, 1.165) is 0 Å². The number of cyclic esters (lactones) is 1. The Labute approximate surface area is 148 Å². The highest BCUT2D eigenvalue weighted by molar-refractivity contribution is 7.82. The van der Waals surface area contributed by atoms with Gasteiger partial charge >= 0.3 is 28.4 Å². The van der Waals surface area contributed by atoms with Gasteiger partial charge in [0.1, 0.15) is 6.10 Å². The number of amides is 2. The van der Waals surface area contributed by atoms with Gasteiger partial charge in [-0.3, -0.25) is 9.69 Å². The zero-order valence-electron chi connectivity index (χ0n) is 13.4. The van der Waals surface area contributed by atoms with E-state index < -0.39 is 28.4 Å². The molecule has 1 aromatic rings. The van der Waals surface area contributed by atoms with Crippen molar-refractivity contribution >= 4 is 33.8 Å². The lowest BCUT2D eigenvalue weighted by molar-refractivity contribution is -0.328. The van der Waals surface area contributed by atoms with Crippen LogP contribution in [0.25, 0.3) is 0 Å². The van der Waals surface area contributed by atoms with Crippen molar-refractivity contribution < 1.29 is 35.8 Å². The quantitative estimate of drug-likeness (QED) is 0.714. The molecule has 26 heavy (non-hydrogen) atoms. The van der Waals surface area contributed by atoms with Crippen molar-refractivity contribution in [2.24, 2.45) is 5.73 Å². The summed E-state index contributed by atoms with van der Waals surface area (Å²) in [6.45, 7) is 0.786. The maximum Gasteiger partial charge on any atom is 0.414 e. The average Bonchev–Trinajstić information content (AvgIpc) is 2.97. The van der Waals surface area contributed by atoms with Gasteiger partial charge in [-0.2, -0.15) is 16.8 Å². The topological polar surface area (TPSA) is 138 Å².